The number of carbonyl (C=O) groups is 1. The zero-order valence-corrected chi connectivity index (χ0v) is 15.7. The van der Waals surface area contributed by atoms with E-state index in [0.717, 1.165) is 34.3 Å². The molecule has 1 aliphatic rings. The Balaban J connectivity index is 1.74. The van der Waals surface area contributed by atoms with E-state index in [0.29, 0.717) is 11.3 Å². The topological polar surface area (TPSA) is 62.1 Å². The lowest BCUT2D eigenvalue weighted by atomic mass is 9.96. The first kappa shape index (κ1) is 17.0. The Morgan fingerprint density at radius 3 is 2.92 bits per heavy atom. The predicted molar refractivity (Wildman–Crippen MR) is 99.2 cm³/mol. The van der Waals surface area contributed by atoms with Gasteiger partial charge in [0.25, 0.3) is 0 Å². The Labute approximate surface area is 153 Å². The number of hydrogen-bond donors (Lipinski definition) is 1. The van der Waals surface area contributed by atoms with Crippen molar-refractivity contribution in [2.24, 2.45) is 0 Å². The van der Waals surface area contributed by atoms with Crippen molar-refractivity contribution < 1.29 is 9.53 Å². The van der Waals surface area contributed by atoms with Crippen molar-refractivity contribution in [1.29, 1.82) is 5.26 Å². The second-order valence-corrected chi connectivity index (χ2v) is 7.61. The molecule has 24 heavy (non-hydrogen) atoms. The first-order valence-corrected chi connectivity index (χ1v) is 9.40. The Morgan fingerprint density at radius 1 is 1.42 bits per heavy atom. The van der Waals surface area contributed by atoms with Crippen LogP contribution < -0.4 is 10.1 Å². The van der Waals surface area contributed by atoms with Crippen LogP contribution in [0.15, 0.2) is 22.7 Å². The van der Waals surface area contributed by atoms with Crippen molar-refractivity contribution in [3.8, 4) is 11.8 Å². The first-order valence-electron chi connectivity index (χ1n) is 7.79. The number of nitrogens with zero attached hydrogens (tertiary/aromatic N) is 1. The Morgan fingerprint density at radius 2 is 2.21 bits per heavy atom. The van der Waals surface area contributed by atoms with Crippen LogP contribution in [0.25, 0.3) is 0 Å². The molecule has 0 amide bonds. The number of fused-ring (bicyclic) bond motifs is 1. The fraction of sp³-hybridized carbons (Fsp3) is 0.333. The van der Waals surface area contributed by atoms with Crippen molar-refractivity contribution >= 4 is 38.1 Å². The maximum absolute atomic E-state index is 12.4. The van der Waals surface area contributed by atoms with Crippen LogP contribution in [0.4, 0.5) is 5.00 Å². The van der Waals surface area contributed by atoms with Crippen LogP contribution in [0.2, 0.25) is 0 Å². The summed E-state index contributed by atoms with van der Waals surface area (Å²) in [5.41, 5.74) is 2.50. The number of nitriles is 1. The number of Topliss-reactive ketones (excluding diaryl/α,β-unsaturated/α-hetero) is 1. The van der Waals surface area contributed by atoms with E-state index >= 15 is 0 Å². The van der Waals surface area contributed by atoms with Crippen LogP contribution >= 0.6 is 27.3 Å². The molecule has 0 saturated heterocycles. The molecule has 1 aromatic carbocycles. The molecule has 2 aromatic rings. The van der Waals surface area contributed by atoms with E-state index in [9.17, 15) is 10.1 Å². The molecule has 1 aliphatic carbocycles. The molecule has 0 spiro atoms. The van der Waals surface area contributed by atoms with Crippen LogP contribution in [0.3, 0.4) is 0 Å². The minimum Gasteiger partial charge on any atom is -0.496 e. The summed E-state index contributed by atoms with van der Waals surface area (Å²) in [6.45, 7) is 0.173. The van der Waals surface area contributed by atoms with Gasteiger partial charge in [0.1, 0.15) is 16.8 Å². The van der Waals surface area contributed by atoms with Gasteiger partial charge in [0.15, 0.2) is 5.78 Å². The van der Waals surface area contributed by atoms with E-state index in [2.05, 4.69) is 27.3 Å². The summed E-state index contributed by atoms with van der Waals surface area (Å²) in [7, 11) is 1.59. The largest absolute Gasteiger partial charge is 0.496 e. The van der Waals surface area contributed by atoms with E-state index < -0.39 is 0 Å². The molecule has 0 radical (unpaired) electrons. The van der Waals surface area contributed by atoms with Gasteiger partial charge in [0, 0.05) is 10.4 Å². The lowest BCUT2D eigenvalue weighted by Gasteiger charge is -2.09. The molecule has 6 heteroatoms. The molecule has 0 bridgehead atoms. The van der Waals surface area contributed by atoms with E-state index in [1.807, 2.05) is 0 Å². The fourth-order valence-electron chi connectivity index (χ4n) is 2.91. The van der Waals surface area contributed by atoms with Crippen molar-refractivity contribution in [3.05, 3.63) is 44.2 Å². The molecule has 1 aromatic heterocycles. The molecule has 0 saturated carbocycles. The summed E-state index contributed by atoms with van der Waals surface area (Å²) in [5, 5.41) is 13.4. The summed E-state index contributed by atoms with van der Waals surface area (Å²) in [5.74, 6) is 0.672. The van der Waals surface area contributed by atoms with Crippen LogP contribution in [-0.4, -0.2) is 19.4 Å². The highest BCUT2D eigenvalue weighted by atomic mass is 79.9. The smallest absolute Gasteiger partial charge is 0.181 e. The molecule has 4 nitrogen and oxygen atoms in total. The van der Waals surface area contributed by atoms with Gasteiger partial charge in [-0.25, -0.2) is 0 Å². The summed E-state index contributed by atoms with van der Waals surface area (Å²) in [4.78, 5) is 13.7. The monoisotopic (exact) mass is 404 g/mol. The summed E-state index contributed by atoms with van der Waals surface area (Å²) in [6, 6.07) is 7.58. The summed E-state index contributed by atoms with van der Waals surface area (Å²) < 4.78 is 5.93. The second-order valence-electron chi connectivity index (χ2n) is 5.65. The molecule has 3 rings (SSSR count). The Bertz CT molecular complexity index is 823. The number of benzene rings is 1. The van der Waals surface area contributed by atoms with Crippen LogP contribution in [-0.2, 0) is 12.8 Å². The van der Waals surface area contributed by atoms with Crippen LogP contribution in [0, 0.1) is 11.3 Å². The minimum absolute atomic E-state index is 0.0198. The molecule has 0 atom stereocenters. The summed E-state index contributed by atoms with van der Waals surface area (Å²) in [6.07, 6.45) is 4.32. The Kier molecular flexibility index (Phi) is 5.22. The molecule has 0 unspecified atom stereocenters. The number of ether oxygens (including phenoxy) is 1. The standard InChI is InChI=1S/C18H17BrN2O2S/c1-23-16-7-6-11(8-14(16)19)15(22)10-21-18-13(9-20)12-4-2-3-5-17(12)24-18/h6-8,21H,2-5,10H2,1H3. The average molecular weight is 405 g/mol. The molecule has 0 aliphatic heterocycles. The number of halogens is 1. The van der Waals surface area contributed by atoms with Gasteiger partial charge in [-0.2, -0.15) is 5.26 Å². The number of hydrogen-bond acceptors (Lipinski definition) is 5. The van der Waals surface area contributed by atoms with Crippen molar-refractivity contribution in [2.75, 3.05) is 19.0 Å². The van der Waals surface area contributed by atoms with Crippen molar-refractivity contribution in [3.63, 3.8) is 0 Å². The van der Waals surface area contributed by atoms with Gasteiger partial charge in [0.2, 0.25) is 0 Å². The number of carbonyl (C=O) groups excluding carboxylic acids is 1. The van der Waals surface area contributed by atoms with Gasteiger partial charge in [0.05, 0.1) is 23.7 Å². The van der Waals surface area contributed by atoms with Gasteiger partial charge in [-0.3, -0.25) is 4.79 Å². The third-order valence-corrected chi connectivity index (χ3v) is 6.04. The number of ketones is 1. The quantitative estimate of drug-likeness (QED) is 0.741. The Hall–Kier alpha value is -1.84. The zero-order valence-electron chi connectivity index (χ0n) is 13.3. The number of thiophene rings is 1. The molecule has 1 heterocycles. The van der Waals surface area contributed by atoms with Gasteiger partial charge in [-0.05, 0) is 65.4 Å². The van der Waals surface area contributed by atoms with Crippen LogP contribution in [0.5, 0.6) is 5.75 Å². The van der Waals surface area contributed by atoms with Crippen LogP contribution in [0.1, 0.15) is 39.2 Å². The van der Waals surface area contributed by atoms with Gasteiger partial charge in [-0.1, -0.05) is 0 Å². The normalized spacial score (nSPS) is 13.0. The second kappa shape index (κ2) is 7.37. The van der Waals surface area contributed by atoms with Gasteiger partial charge in [-0.15, -0.1) is 11.3 Å². The number of rotatable bonds is 5. The highest BCUT2D eigenvalue weighted by Gasteiger charge is 2.21. The maximum Gasteiger partial charge on any atom is 0.181 e. The summed E-state index contributed by atoms with van der Waals surface area (Å²) >= 11 is 5.01. The van der Waals surface area contributed by atoms with E-state index in [4.69, 9.17) is 4.74 Å². The highest BCUT2D eigenvalue weighted by molar-refractivity contribution is 9.10. The molecular formula is C18H17BrN2O2S. The number of aryl methyl sites for hydroxylation is 1. The molecule has 1 N–H and O–H groups in total. The molecule has 0 fully saturated rings. The fourth-order valence-corrected chi connectivity index (χ4v) is 4.69. The first-order chi connectivity index (χ1) is 11.6. The van der Waals surface area contributed by atoms with Gasteiger partial charge < -0.3 is 10.1 Å². The molecular weight excluding hydrogens is 388 g/mol. The maximum atomic E-state index is 12.4. The number of nitrogens with one attached hydrogen (secondary N) is 1. The minimum atomic E-state index is -0.0198. The predicted octanol–water partition coefficient (Wildman–Crippen LogP) is 4.56. The van der Waals surface area contributed by atoms with Gasteiger partial charge >= 0.3 is 0 Å². The molecule has 124 valence electrons. The number of methoxy groups -OCH3 is 1. The third kappa shape index (κ3) is 3.33. The lowest BCUT2D eigenvalue weighted by Crippen LogP contribution is -2.14. The van der Waals surface area contributed by atoms with Crippen molar-refractivity contribution in [1.82, 2.24) is 0 Å². The van der Waals surface area contributed by atoms with Crippen molar-refractivity contribution in [2.45, 2.75) is 25.7 Å². The average Bonchev–Trinajstić information content (AvgIpc) is 2.97. The van der Waals surface area contributed by atoms with E-state index in [-0.39, 0.29) is 12.3 Å². The lowest BCUT2D eigenvalue weighted by molar-refractivity contribution is 0.101. The zero-order chi connectivity index (χ0) is 17.1. The number of anilines is 1. The van der Waals surface area contributed by atoms with E-state index in [1.165, 1.54) is 16.9 Å². The third-order valence-electron chi connectivity index (χ3n) is 4.17. The SMILES string of the molecule is COc1ccc(C(=O)CNc2sc3c(c2C#N)CCCC3)cc1Br. The van der Waals surface area contributed by atoms with E-state index in [1.54, 1.807) is 36.6 Å². The highest BCUT2D eigenvalue weighted by Crippen LogP contribution is 2.37.